The van der Waals surface area contributed by atoms with Gasteiger partial charge in [-0.1, -0.05) is 43.6 Å². The summed E-state index contributed by atoms with van der Waals surface area (Å²) in [4.78, 5) is 13.4. The van der Waals surface area contributed by atoms with E-state index >= 15 is 0 Å². The molecule has 0 N–H and O–H groups in total. The third kappa shape index (κ3) is 3.48. The van der Waals surface area contributed by atoms with Crippen molar-refractivity contribution in [2.24, 2.45) is 5.92 Å². The van der Waals surface area contributed by atoms with Gasteiger partial charge in [0.05, 0.1) is 6.07 Å². The number of hydrogen-bond donors (Lipinski definition) is 0. The summed E-state index contributed by atoms with van der Waals surface area (Å²) in [5.41, 5.74) is 0.668. The van der Waals surface area contributed by atoms with E-state index in [9.17, 15) is 10.1 Å². The van der Waals surface area contributed by atoms with Crippen LogP contribution in [0.15, 0.2) is 24.3 Å². The molecule has 1 aromatic carbocycles. The molecule has 1 aromatic rings. The van der Waals surface area contributed by atoms with E-state index in [0.717, 1.165) is 0 Å². The normalized spacial score (nSPS) is 12.0. The summed E-state index contributed by atoms with van der Waals surface area (Å²) < 4.78 is 0. The van der Waals surface area contributed by atoms with Gasteiger partial charge >= 0.3 is 0 Å². The molecule has 96 valence electrons. The van der Waals surface area contributed by atoms with Gasteiger partial charge < -0.3 is 4.90 Å². The molecule has 1 rings (SSSR count). The topological polar surface area (TPSA) is 44.1 Å². The molecule has 18 heavy (non-hydrogen) atoms. The van der Waals surface area contributed by atoms with Gasteiger partial charge in [0, 0.05) is 24.1 Å². The van der Waals surface area contributed by atoms with Gasteiger partial charge in [-0.05, 0) is 12.0 Å². The van der Waals surface area contributed by atoms with Crippen molar-refractivity contribution >= 4 is 17.5 Å². The van der Waals surface area contributed by atoms with Crippen molar-refractivity contribution in [3.05, 3.63) is 34.9 Å². The second kappa shape index (κ2) is 6.42. The van der Waals surface area contributed by atoms with E-state index in [0.29, 0.717) is 17.0 Å². The molecule has 0 aliphatic heterocycles. The zero-order valence-corrected chi connectivity index (χ0v) is 11.6. The molecule has 4 heteroatoms. The molecule has 0 saturated heterocycles. The third-order valence-corrected chi connectivity index (χ3v) is 3.03. The van der Waals surface area contributed by atoms with Gasteiger partial charge in [-0.15, -0.1) is 0 Å². The van der Waals surface area contributed by atoms with Crippen molar-refractivity contribution in [2.75, 3.05) is 7.05 Å². The molecule has 0 aliphatic rings. The van der Waals surface area contributed by atoms with Crippen LogP contribution in [-0.4, -0.2) is 17.9 Å². The van der Waals surface area contributed by atoms with Crippen molar-refractivity contribution in [2.45, 2.75) is 26.3 Å². The first-order valence-electron chi connectivity index (χ1n) is 5.87. The highest BCUT2D eigenvalue weighted by Crippen LogP contribution is 2.26. The minimum atomic E-state index is -0.634. The van der Waals surface area contributed by atoms with E-state index in [1.807, 2.05) is 19.9 Å². The van der Waals surface area contributed by atoms with Crippen LogP contribution in [0.2, 0.25) is 5.02 Å². The molecule has 0 spiro atoms. The fourth-order valence-corrected chi connectivity index (χ4v) is 1.94. The van der Waals surface area contributed by atoms with Crippen LogP contribution in [0, 0.1) is 17.2 Å². The zero-order chi connectivity index (χ0) is 13.7. The molecular weight excluding hydrogens is 248 g/mol. The average molecular weight is 265 g/mol. The number of nitriles is 1. The number of carbonyl (C=O) groups excluding carboxylic acids is 1. The Morgan fingerprint density at radius 3 is 2.56 bits per heavy atom. The summed E-state index contributed by atoms with van der Waals surface area (Å²) in [5, 5.41) is 9.76. The van der Waals surface area contributed by atoms with E-state index in [4.69, 9.17) is 11.6 Å². The van der Waals surface area contributed by atoms with Gasteiger partial charge in [0.15, 0.2) is 0 Å². The number of amides is 1. The molecule has 1 atom stereocenters. The molecule has 0 saturated carbocycles. The molecule has 0 radical (unpaired) electrons. The SMILES string of the molecule is CC(C)CC(=O)N(C)C(C#N)c1ccccc1Cl. The predicted molar refractivity (Wildman–Crippen MR) is 72.0 cm³/mol. The number of rotatable bonds is 4. The second-order valence-electron chi connectivity index (χ2n) is 4.66. The first kappa shape index (κ1) is 14.5. The van der Waals surface area contributed by atoms with Crippen LogP contribution in [0.3, 0.4) is 0 Å². The second-order valence-corrected chi connectivity index (χ2v) is 5.06. The summed E-state index contributed by atoms with van der Waals surface area (Å²) >= 11 is 6.06. The number of benzene rings is 1. The first-order valence-corrected chi connectivity index (χ1v) is 6.24. The summed E-state index contributed by atoms with van der Waals surface area (Å²) in [5.74, 6) is 0.224. The van der Waals surface area contributed by atoms with E-state index in [1.165, 1.54) is 4.90 Å². The lowest BCUT2D eigenvalue weighted by atomic mass is 10.0. The summed E-state index contributed by atoms with van der Waals surface area (Å²) in [6.45, 7) is 3.95. The van der Waals surface area contributed by atoms with Gasteiger partial charge in [-0.2, -0.15) is 5.26 Å². The minimum Gasteiger partial charge on any atom is -0.326 e. The summed E-state index contributed by atoms with van der Waals surface area (Å²) in [6.07, 6.45) is 0.430. The minimum absolute atomic E-state index is 0.0449. The number of nitrogens with zero attached hydrogens (tertiary/aromatic N) is 2. The third-order valence-electron chi connectivity index (χ3n) is 2.69. The first-order chi connectivity index (χ1) is 8.47. The van der Waals surface area contributed by atoms with Crippen LogP contribution in [0.4, 0.5) is 0 Å². The molecule has 0 bridgehead atoms. The predicted octanol–water partition coefficient (Wildman–Crippen LogP) is 3.41. The maximum atomic E-state index is 12.0. The van der Waals surface area contributed by atoms with Gasteiger partial charge in [-0.25, -0.2) is 0 Å². The maximum Gasteiger partial charge on any atom is 0.223 e. The summed E-state index contributed by atoms with van der Waals surface area (Å²) in [6, 6.07) is 8.61. The van der Waals surface area contributed by atoms with Crippen molar-refractivity contribution < 1.29 is 4.79 Å². The van der Waals surface area contributed by atoms with Crippen molar-refractivity contribution in [1.29, 1.82) is 5.26 Å². The Bertz CT molecular complexity index is 465. The van der Waals surface area contributed by atoms with Gasteiger partial charge in [0.1, 0.15) is 6.04 Å². The lowest BCUT2D eigenvalue weighted by molar-refractivity contribution is -0.131. The van der Waals surface area contributed by atoms with Crippen molar-refractivity contribution in [3.8, 4) is 6.07 Å². The standard InChI is InChI=1S/C14H17ClN2O/c1-10(2)8-14(18)17(3)13(9-16)11-6-4-5-7-12(11)15/h4-7,10,13H,8H2,1-3H3. The zero-order valence-electron chi connectivity index (χ0n) is 10.9. The van der Waals surface area contributed by atoms with Crippen LogP contribution < -0.4 is 0 Å². The molecule has 1 amide bonds. The van der Waals surface area contributed by atoms with E-state index in [-0.39, 0.29) is 11.8 Å². The van der Waals surface area contributed by atoms with E-state index < -0.39 is 6.04 Å². The highest BCUT2D eigenvalue weighted by Gasteiger charge is 2.23. The number of hydrogen-bond acceptors (Lipinski definition) is 2. The van der Waals surface area contributed by atoms with Crippen LogP contribution in [-0.2, 0) is 4.79 Å². The lowest BCUT2D eigenvalue weighted by Gasteiger charge is -2.24. The molecule has 3 nitrogen and oxygen atoms in total. The molecule has 0 aromatic heterocycles. The Morgan fingerprint density at radius 1 is 1.44 bits per heavy atom. The molecule has 0 heterocycles. The Morgan fingerprint density at radius 2 is 2.06 bits per heavy atom. The fraction of sp³-hybridized carbons (Fsp3) is 0.429. The number of halogens is 1. The molecule has 0 aliphatic carbocycles. The van der Waals surface area contributed by atoms with Crippen molar-refractivity contribution in [1.82, 2.24) is 4.90 Å². The van der Waals surface area contributed by atoms with Gasteiger partial charge in [0.2, 0.25) is 5.91 Å². The highest BCUT2D eigenvalue weighted by atomic mass is 35.5. The average Bonchev–Trinajstić information content (AvgIpc) is 2.31. The van der Waals surface area contributed by atoms with Crippen LogP contribution in [0.5, 0.6) is 0 Å². The highest BCUT2D eigenvalue weighted by molar-refractivity contribution is 6.31. The van der Waals surface area contributed by atoms with E-state index in [2.05, 4.69) is 6.07 Å². The Hall–Kier alpha value is -1.53. The Labute approximate surface area is 113 Å². The Balaban J connectivity index is 2.95. The van der Waals surface area contributed by atoms with E-state index in [1.54, 1.807) is 25.2 Å². The summed E-state index contributed by atoms with van der Waals surface area (Å²) in [7, 11) is 1.64. The smallest absolute Gasteiger partial charge is 0.223 e. The molecular formula is C14H17ClN2O. The Kier molecular flexibility index (Phi) is 5.18. The number of carbonyl (C=O) groups is 1. The van der Waals surface area contributed by atoms with Crippen LogP contribution in [0.1, 0.15) is 31.9 Å². The quantitative estimate of drug-likeness (QED) is 0.836. The monoisotopic (exact) mass is 264 g/mol. The van der Waals surface area contributed by atoms with Crippen LogP contribution in [0.25, 0.3) is 0 Å². The van der Waals surface area contributed by atoms with Crippen LogP contribution >= 0.6 is 11.6 Å². The molecule has 0 fully saturated rings. The van der Waals surface area contributed by atoms with Crippen molar-refractivity contribution in [3.63, 3.8) is 0 Å². The maximum absolute atomic E-state index is 12.0. The van der Waals surface area contributed by atoms with Gasteiger partial charge in [0.25, 0.3) is 0 Å². The lowest BCUT2D eigenvalue weighted by Crippen LogP contribution is -2.31. The molecule has 1 unspecified atom stereocenters. The largest absolute Gasteiger partial charge is 0.326 e. The van der Waals surface area contributed by atoms with Gasteiger partial charge in [-0.3, -0.25) is 4.79 Å². The fourth-order valence-electron chi connectivity index (χ4n) is 1.70.